The number of fused-ring (bicyclic) bond motifs is 1. The molecule has 0 spiro atoms. The molecule has 2 aliphatic heterocycles. The molecule has 1 N–H and O–H groups in total. The smallest absolute Gasteiger partial charge is 0.290 e. The van der Waals surface area contributed by atoms with E-state index in [-0.39, 0.29) is 18.4 Å². The van der Waals surface area contributed by atoms with E-state index in [1.54, 1.807) is 0 Å². The Morgan fingerprint density at radius 2 is 1.97 bits per heavy atom. The Bertz CT molecular complexity index is 821. The number of aromatic nitrogens is 1. The molecule has 2 aromatic rings. The minimum absolute atomic E-state index is 0.0264. The second kappa shape index (κ2) is 10.9. The van der Waals surface area contributed by atoms with Crippen LogP contribution in [0.5, 0.6) is 0 Å². The zero-order valence-corrected chi connectivity index (χ0v) is 17.6. The van der Waals surface area contributed by atoms with Gasteiger partial charge in [-0.3, -0.25) is 14.5 Å². The largest absolute Gasteiger partial charge is 0.483 e. The van der Waals surface area contributed by atoms with Crippen molar-refractivity contribution >= 4 is 12.4 Å². The van der Waals surface area contributed by atoms with Crippen LogP contribution in [0.3, 0.4) is 0 Å². The second-order valence-corrected chi connectivity index (χ2v) is 7.92. The van der Waals surface area contributed by atoms with Gasteiger partial charge >= 0.3 is 0 Å². The van der Waals surface area contributed by atoms with E-state index in [2.05, 4.69) is 36.2 Å². The van der Waals surface area contributed by atoms with E-state index in [9.17, 15) is 4.79 Å². The Hall–Kier alpha value is -2.67. The Morgan fingerprint density at radius 3 is 2.73 bits per heavy atom. The second-order valence-electron chi connectivity index (χ2n) is 7.92. The highest BCUT2D eigenvalue weighted by molar-refractivity contribution is 5.82. The molecule has 4 rings (SSSR count). The quantitative estimate of drug-likeness (QED) is 0.776. The summed E-state index contributed by atoms with van der Waals surface area (Å²) in [6.45, 7) is 2.10. The van der Waals surface area contributed by atoms with Gasteiger partial charge in [-0.2, -0.15) is 0 Å². The first-order valence-corrected chi connectivity index (χ1v) is 10.7. The molecule has 1 unspecified atom stereocenters. The summed E-state index contributed by atoms with van der Waals surface area (Å²) < 4.78 is 5.98. The van der Waals surface area contributed by atoms with E-state index in [1.807, 2.05) is 11.0 Å². The first-order valence-electron chi connectivity index (χ1n) is 10.7. The van der Waals surface area contributed by atoms with Gasteiger partial charge in [-0.05, 0) is 38.4 Å². The predicted molar refractivity (Wildman–Crippen MR) is 113 cm³/mol. The standard InChI is InChI=1S/C22H29N3O2.CH2O2/c1-24-14-7-3-6-10-19(24)22(26)25-15-13-20-18(16-25)23-21(27-20)12-11-17-8-4-2-5-9-17;2-1-3/h2,4-5,8-9,19H,3,6-7,10-16H2,1H3;1H,(H,2,3). The van der Waals surface area contributed by atoms with E-state index in [0.29, 0.717) is 6.54 Å². The van der Waals surface area contributed by atoms with Crippen molar-refractivity contribution in [1.82, 2.24) is 14.8 Å². The lowest BCUT2D eigenvalue weighted by molar-refractivity contribution is -0.137. The summed E-state index contributed by atoms with van der Waals surface area (Å²) in [6, 6.07) is 10.4. The summed E-state index contributed by atoms with van der Waals surface area (Å²) >= 11 is 0. The highest BCUT2D eigenvalue weighted by Crippen LogP contribution is 2.24. The lowest BCUT2D eigenvalue weighted by Gasteiger charge is -2.32. The molecule has 0 bridgehead atoms. The zero-order chi connectivity index (χ0) is 21.3. The number of hydrogen-bond donors (Lipinski definition) is 1. The molecule has 1 fully saturated rings. The van der Waals surface area contributed by atoms with Crippen molar-refractivity contribution in [1.29, 1.82) is 0 Å². The molecule has 7 nitrogen and oxygen atoms in total. The van der Waals surface area contributed by atoms with Gasteiger partial charge in [0.15, 0.2) is 5.89 Å². The average Bonchev–Trinajstić information content (AvgIpc) is 3.05. The SMILES string of the molecule is CN1CCCCCC1C(=O)N1CCc2oc(CCc3ccccc3)nc2C1.O=CO. The first-order chi connectivity index (χ1) is 14.6. The van der Waals surface area contributed by atoms with Gasteiger partial charge in [0, 0.05) is 19.4 Å². The Balaban J connectivity index is 0.000000806. The molecule has 3 heterocycles. The van der Waals surface area contributed by atoms with Crippen molar-refractivity contribution in [2.45, 2.75) is 57.5 Å². The van der Waals surface area contributed by atoms with Crippen LogP contribution in [0.15, 0.2) is 34.7 Å². The van der Waals surface area contributed by atoms with Crippen molar-refractivity contribution in [2.75, 3.05) is 20.1 Å². The van der Waals surface area contributed by atoms with Crippen molar-refractivity contribution in [2.24, 2.45) is 0 Å². The van der Waals surface area contributed by atoms with E-state index in [4.69, 9.17) is 19.3 Å². The molecule has 0 aliphatic carbocycles. The topological polar surface area (TPSA) is 86.9 Å². The van der Waals surface area contributed by atoms with Gasteiger partial charge in [0.1, 0.15) is 11.5 Å². The monoisotopic (exact) mass is 413 g/mol. The van der Waals surface area contributed by atoms with E-state index in [1.165, 1.54) is 18.4 Å². The molecule has 7 heteroatoms. The first kappa shape index (κ1) is 22.0. The lowest BCUT2D eigenvalue weighted by atomic mass is 10.1. The highest BCUT2D eigenvalue weighted by atomic mass is 16.4. The molecule has 1 atom stereocenters. The van der Waals surface area contributed by atoms with Crippen LogP contribution in [-0.4, -0.2) is 58.4 Å². The number of oxazole rings is 1. The Morgan fingerprint density at radius 1 is 1.20 bits per heavy atom. The number of rotatable bonds is 4. The van der Waals surface area contributed by atoms with Gasteiger partial charge in [0.05, 0.1) is 12.6 Å². The van der Waals surface area contributed by atoms with Gasteiger partial charge in [-0.25, -0.2) is 4.98 Å². The number of amides is 1. The number of likely N-dealkylation sites (tertiary alicyclic amines) is 1. The normalized spacial score (nSPS) is 19.2. The van der Waals surface area contributed by atoms with Crippen molar-refractivity contribution in [3.05, 3.63) is 53.2 Å². The van der Waals surface area contributed by atoms with Crippen LogP contribution in [0.2, 0.25) is 0 Å². The number of carboxylic acid groups (broad SMARTS) is 1. The van der Waals surface area contributed by atoms with Crippen LogP contribution in [-0.2, 0) is 35.4 Å². The fraction of sp³-hybridized carbons (Fsp3) is 0.522. The summed E-state index contributed by atoms with van der Waals surface area (Å²) in [7, 11) is 2.08. The minimum atomic E-state index is -0.250. The minimum Gasteiger partial charge on any atom is -0.483 e. The van der Waals surface area contributed by atoms with Gasteiger partial charge in [0.25, 0.3) is 6.47 Å². The van der Waals surface area contributed by atoms with E-state index < -0.39 is 0 Å². The maximum atomic E-state index is 13.1. The number of likely N-dealkylation sites (N-methyl/N-ethyl adjacent to an activating group) is 1. The summed E-state index contributed by atoms with van der Waals surface area (Å²) in [6.07, 6.45) is 7.04. The van der Waals surface area contributed by atoms with Crippen molar-refractivity contribution < 1.29 is 19.1 Å². The molecule has 1 aromatic carbocycles. The number of nitrogens with zero attached hydrogens (tertiary/aromatic N) is 3. The van der Waals surface area contributed by atoms with Gasteiger partial charge < -0.3 is 14.4 Å². The van der Waals surface area contributed by atoms with Crippen LogP contribution in [0.1, 0.15) is 48.6 Å². The predicted octanol–water partition coefficient (Wildman–Crippen LogP) is 2.92. The van der Waals surface area contributed by atoms with E-state index >= 15 is 0 Å². The molecule has 1 saturated heterocycles. The number of carbonyl (C=O) groups excluding carboxylic acids is 1. The van der Waals surface area contributed by atoms with Gasteiger partial charge in [-0.15, -0.1) is 0 Å². The highest BCUT2D eigenvalue weighted by Gasteiger charge is 2.32. The fourth-order valence-corrected chi connectivity index (χ4v) is 4.22. The third-order valence-corrected chi connectivity index (χ3v) is 5.86. The molecular weight excluding hydrogens is 382 g/mol. The molecule has 0 saturated carbocycles. The third-order valence-electron chi connectivity index (χ3n) is 5.86. The number of benzene rings is 1. The van der Waals surface area contributed by atoms with Crippen LogP contribution < -0.4 is 0 Å². The van der Waals surface area contributed by atoms with Crippen LogP contribution >= 0.6 is 0 Å². The lowest BCUT2D eigenvalue weighted by Crippen LogP contribution is -2.48. The molecule has 30 heavy (non-hydrogen) atoms. The Labute approximate surface area is 177 Å². The third kappa shape index (κ3) is 5.69. The van der Waals surface area contributed by atoms with Crippen LogP contribution in [0.25, 0.3) is 0 Å². The fourth-order valence-electron chi connectivity index (χ4n) is 4.22. The molecule has 0 radical (unpaired) electrons. The average molecular weight is 414 g/mol. The van der Waals surface area contributed by atoms with Gasteiger partial charge in [-0.1, -0.05) is 43.2 Å². The molecular formula is C23H31N3O4. The molecule has 1 aromatic heterocycles. The summed E-state index contributed by atoms with van der Waals surface area (Å²) in [5.74, 6) is 2.03. The molecule has 1 amide bonds. The summed E-state index contributed by atoms with van der Waals surface area (Å²) in [5.41, 5.74) is 2.25. The molecule has 162 valence electrons. The van der Waals surface area contributed by atoms with E-state index in [0.717, 1.165) is 62.5 Å². The maximum absolute atomic E-state index is 13.1. The van der Waals surface area contributed by atoms with Crippen molar-refractivity contribution in [3.63, 3.8) is 0 Å². The summed E-state index contributed by atoms with van der Waals surface area (Å²) in [5, 5.41) is 6.89. The maximum Gasteiger partial charge on any atom is 0.290 e. The van der Waals surface area contributed by atoms with Gasteiger partial charge in [0.2, 0.25) is 5.91 Å². The van der Waals surface area contributed by atoms with Crippen molar-refractivity contribution in [3.8, 4) is 0 Å². The molecule has 2 aliphatic rings. The summed E-state index contributed by atoms with van der Waals surface area (Å²) in [4.78, 5) is 30.4. The number of carbonyl (C=O) groups is 2. The Kier molecular flexibility index (Phi) is 8.02. The number of hydrogen-bond acceptors (Lipinski definition) is 5. The number of aryl methyl sites for hydroxylation is 2. The zero-order valence-electron chi connectivity index (χ0n) is 17.6. The van der Waals surface area contributed by atoms with Crippen LogP contribution in [0.4, 0.5) is 0 Å². The van der Waals surface area contributed by atoms with Crippen LogP contribution in [0, 0.1) is 0 Å².